The molecular formula is C13H14N2O2. The standard InChI is InChI=1S/C13H14N2O2/c1-8-12(16)11(7-15-13(8)14)9-4-3-5-10(6-9)17-2/h3-7H,1-2H3,(H3,14,15,16). The van der Waals surface area contributed by atoms with Crippen molar-refractivity contribution in [3.8, 4) is 16.9 Å². The number of hydrogen-bond donors (Lipinski definition) is 2. The van der Waals surface area contributed by atoms with Gasteiger partial charge in [0, 0.05) is 17.3 Å². The number of hydrogen-bond acceptors (Lipinski definition) is 3. The van der Waals surface area contributed by atoms with E-state index >= 15 is 0 Å². The van der Waals surface area contributed by atoms with Crippen LogP contribution in [0.2, 0.25) is 0 Å². The number of aromatic amines is 1. The highest BCUT2D eigenvalue weighted by atomic mass is 16.5. The Bertz CT molecular complexity index is 603. The number of aromatic nitrogens is 1. The van der Waals surface area contributed by atoms with Crippen molar-refractivity contribution in [3.05, 3.63) is 46.2 Å². The van der Waals surface area contributed by atoms with E-state index in [0.717, 1.165) is 11.3 Å². The average molecular weight is 230 g/mol. The Labute approximate surface area is 99.1 Å². The van der Waals surface area contributed by atoms with Crippen LogP contribution in [-0.2, 0) is 0 Å². The molecule has 0 bridgehead atoms. The molecular weight excluding hydrogens is 216 g/mol. The van der Waals surface area contributed by atoms with E-state index in [-0.39, 0.29) is 5.43 Å². The fourth-order valence-electron chi connectivity index (χ4n) is 1.65. The van der Waals surface area contributed by atoms with Gasteiger partial charge >= 0.3 is 0 Å². The maximum Gasteiger partial charge on any atom is 0.194 e. The third kappa shape index (κ3) is 2.01. The van der Waals surface area contributed by atoms with Gasteiger partial charge in [0.25, 0.3) is 0 Å². The summed E-state index contributed by atoms with van der Waals surface area (Å²) in [4.78, 5) is 14.9. The SMILES string of the molecule is COc1cccc(-c2c[nH]c(N)c(C)c2=O)c1. The molecule has 1 heterocycles. The molecule has 2 rings (SSSR count). The van der Waals surface area contributed by atoms with Crippen LogP contribution in [0.3, 0.4) is 0 Å². The Hall–Kier alpha value is -2.23. The van der Waals surface area contributed by atoms with Gasteiger partial charge in [0.1, 0.15) is 11.6 Å². The van der Waals surface area contributed by atoms with Crippen LogP contribution < -0.4 is 15.9 Å². The summed E-state index contributed by atoms with van der Waals surface area (Å²) < 4.78 is 5.13. The summed E-state index contributed by atoms with van der Waals surface area (Å²) in [5.41, 5.74) is 7.52. The van der Waals surface area contributed by atoms with Gasteiger partial charge in [-0.1, -0.05) is 12.1 Å². The zero-order valence-corrected chi connectivity index (χ0v) is 9.78. The van der Waals surface area contributed by atoms with E-state index in [2.05, 4.69) is 4.98 Å². The van der Waals surface area contributed by atoms with E-state index < -0.39 is 0 Å². The molecule has 88 valence electrons. The van der Waals surface area contributed by atoms with Gasteiger partial charge in [0.05, 0.1) is 7.11 Å². The summed E-state index contributed by atoms with van der Waals surface area (Å²) >= 11 is 0. The number of H-pyrrole nitrogens is 1. The molecule has 0 saturated heterocycles. The molecule has 0 fully saturated rings. The van der Waals surface area contributed by atoms with Crippen molar-refractivity contribution in [1.29, 1.82) is 0 Å². The van der Waals surface area contributed by atoms with Crippen molar-refractivity contribution >= 4 is 5.82 Å². The Balaban J connectivity index is 2.61. The molecule has 4 nitrogen and oxygen atoms in total. The molecule has 0 atom stereocenters. The van der Waals surface area contributed by atoms with E-state index in [1.54, 1.807) is 20.2 Å². The number of ether oxygens (including phenoxy) is 1. The van der Waals surface area contributed by atoms with Gasteiger partial charge in [-0.15, -0.1) is 0 Å². The second-order valence-electron chi connectivity index (χ2n) is 3.80. The Morgan fingerprint density at radius 2 is 2.12 bits per heavy atom. The lowest BCUT2D eigenvalue weighted by Crippen LogP contribution is -2.12. The number of benzene rings is 1. The maximum atomic E-state index is 12.0. The number of nitrogen functional groups attached to an aromatic ring is 1. The Morgan fingerprint density at radius 1 is 1.35 bits per heavy atom. The second-order valence-corrected chi connectivity index (χ2v) is 3.80. The third-order valence-electron chi connectivity index (χ3n) is 2.74. The first-order valence-electron chi connectivity index (χ1n) is 5.25. The summed E-state index contributed by atoms with van der Waals surface area (Å²) in [5.74, 6) is 1.12. The van der Waals surface area contributed by atoms with Gasteiger partial charge in [-0.2, -0.15) is 0 Å². The van der Waals surface area contributed by atoms with Crippen LogP contribution in [0.15, 0.2) is 35.3 Å². The van der Waals surface area contributed by atoms with Gasteiger partial charge in [-0.25, -0.2) is 0 Å². The summed E-state index contributed by atoms with van der Waals surface area (Å²) in [7, 11) is 1.59. The minimum Gasteiger partial charge on any atom is -0.497 e. The molecule has 0 aliphatic heterocycles. The Morgan fingerprint density at radius 3 is 2.82 bits per heavy atom. The van der Waals surface area contributed by atoms with Gasteiger partial charge in [0.15, 0.2) is 5.43 Å². The topological polar surface area (TPSA) is 68.1 Å². The predicted molar refractivity (Wildman–Crippen MR) is 68.2 cm³/mol. The van der Waals surface area contributed by atoms with E-state index in [1.807, 2.05) is 24.3 Å². The van der Waals surface area contributed by atoms with Gasteiger partial charge in [-0.05, 0) is 24.6 Å². The molecule has 0 radical (unpaired) electrons. The maximum absolute atomic E-state index is 12.0. The molecule has 0 unspecified atom stereocenters. The summed E-state index contributed by atoms with van der Waals surface area (Å²) in [5, 5.41) is 0. The van der Waals surface area contributed by atoms with Crippen molar-refractivity contribution in [2.75, 3.05) is 12.8 Å². The number of anilines is 1. The molecule has 1 aromatic heterocycles. The zero-order valence-electron chi connectivity index (χ0n) is 9.78. The first-order valence-corrected chi connectivity index (χ1v) is 5.25. The van der Waals surface area contributed by atoms with Crippen molar-refractivity contribution in [2.24, 2.45) is 0 Å². The quantitative estimate of drug-likeness (QED) is 0.828. The number of pyridine rings is 1. The lowest BCUT2D eigenvalue weighted by molar-refractivity contribution is 0.415. The number of methoxy groups -OCH3 is 1. The first kappa shape index (κ1) is 11.3. The van der Waals surface area contributed by atoms with Crippen molar-refractivity contribution in [1.82, 2.24) is 4.98 Å². The molecule has 0 spiro atoms. The van der Waals surface area contributed by atoms with E-state index in [1.165, 1.54) is 0 Å². The van der Waals surface area contributed by atoms with Crippen LogP contribution in [0.4, 0.5) is 5.82 Å². The fraction of sp³-hybridized carbons (Fsp3) is 0.154. The highest BCUT2D eigenvalue weighted by Gasteiger charge is 2.08. The lowest BCUT2D eigenvalue weighted by atomic mass is 10.1. The summed E-state index contributed by atoms with van der Waals surface area (Å²) in [6.07, 6.45) is 1.62. The first-order chi connectivity index (χ1) is 8.13. The monoisotopic (exact) mass is 230 g/mol. The molecule has 0 aliphatic carbocycles. The highest BCUT2D eigenvalue weighted by molar-refractivity contribution is 5.66. The lowest BCUT2D eigenvalue weighted by Gasteiger charge is -2.06. The van der Waals surface area contributed by atoms with Crippen LogP contribution in [-0.4, -0.2) is 12.1 Å². The fourth-order valence-corrected chi connectivity index (χ4v) is 1.65. The van der Waals surface area contributed by atoms with E-state index in [0.29, 0.717) is 16.9 Å². The van der Waals surface area contributed by atoms with Crippen LogP contribution in [0.25, 0.3) is 11.1 Å². The van der Waals surface area contributed by atoms with Crippen LogP contribution >= 0.6 is 0 Å². The van der Waals surface area contributed by atoms with Gasteiger partial charge < -0.3 is 15.5 Å². The summed E-state index contributed by atoms with van der Waals surface area (Å²) in [6, 6.07) is 7.37. The minimum absolute atomic E-state index is 0.0606. The average Bonchev–Trinajstić information content (AvgIpc) is 2.36. The predicted octanol–water partition coefficient (Wildman–Crippen LogP) is 1.94. The third-order valence-corrected chi connectivity index (χ3v) is 2.74. The van der Waals surface area contributed by atoms with Crippen molar-refractivity contribution in [3.63, 3.8) is 0 Å². The van der Waals surface area contributed by atoms with E-state index in [9.17, 15) is 4.79 Å². The number of nitrogens with two attached hydrogens (primary N) is 1. The highest BCUT2D eigenvalue weighted by Crippen LogP contribution is 2.21. The van der Waals surface area contributed by atoms with Crippen LogP contribution in [0.5, 0.6) is 5.75 Å². The van der Waals surface area contributed by atoms with Crippen molar-refractivity contribution < 1.29 is 4.74 Å². The molecule has 3 N–H and O–H groups in total. The molecule has 17 heavy (non-hydrogen) atoms. The molecule has 4 heteroatoms. The molecule has 2 aromatic rings. The number of rotatable bonds is 2. The largest absolute Gasteiger partial charge is 0.497 e. The smallest absolute Gasteiger partial charge is 0.194 e. The van der Waals surface area contributed by atoms with E-state index in [4.69, 9.17) is 10.5 Å². The number of nitrogens with one attached hydrogen (secondary N) is 1. The second kappa shape index (κ2) is 4.33. The van der Waals surface area contributed by atoms with Gasteiger partial charge in [0.2, 0.25) is 0 Å². The molecule has 0 amide bonds. The van der Waals surface area contributed by atoms with Crippen LogP contribution in [0, 0.1) is 6.92 Å². The molecule has 1 aromatic carbocycles. The minimum atomic E-state index is -0.0606. The summed E-state index contributed by atoms with van der Waals surface area (Å²) in [6.45, 7) is 1.71. The van der Waals surface area contributed by atoms with Crippen molar-refractivity contribution in [2.45, 2.75) is 6.92 Å². The Kier molecular flexibility index (Phi) is 2.87. The molecule has 0 saturated carbocycles. The van der Waals surface area contributed by atoms with Crippen LogP contribution in [0.1, 0.15) is 5.56 Å². The zero-order chi connectivity index (χ0) is 12.4. The normalized spacial score (nSPS) is 10.2. The molecule has 0 aliphatic rings. The van der Waals surface area contributed by atoms with Gasteiger partial charge in [-0.3, -0.25) is 4.79 Å².